The van der Waals surface area contributed by atoms with Gasteiger partial charge in [0.1, 0.15) is 10.6 Å². The molecule has 0 saturated carbocycles. The third-order valence-corrected chi connectivity index (χ3v) is 5.35. The van der Waals surface area contributed by atoms with Crippen molar-refractivity contribution in [1.29, 1.82) is 0 Å². The van der Waals surface area contributed by atoms with Crippen LogP contribution in [-0.4, -0.2) is 10.7 Å². The minimum absolute atomic E-state index is 0.0784. The largest absolute Gasteiger partial charge is 0.467 e. The Morgan fingerprint density at radius 3 is 2.53 bits per heavy atom. The lowest BCUT2D eigenvalue weighted by Gasteiger charge is -2.16. The topological polar surface area (TPSA) is 42.2 Å². The number of rotatable bonds is 5. The number of alkyl halides is 2. The summed E-state index contributed by atoms with van der Waals surface area (Å²) in [7, 11) is 0. The number of benzene rings is 1. The molecule has 1 aromatic heterocycles. The monoisotopic (exact) mass is 385 g/mol. The average Bonchev–Trinajstić information content (AvgIpc) is 2.97. The second-order valence-corrected chi connectivity index (χ2v) is 5.98. The predicted molar refractivity (Wildman–Crippen MR) is 81.4 cm³/mol. The van der Waals surface area contributed by atoms with E-state index in [0.29, 0.717) is 6.54 Å². The smallest absolute Gasteiger partial charge is 0.235 e. The SMILES string of the molecule is O=C(NCc1ccco1)[C@@H](Br)[C@@H](Br)c1ccccc1. The van der Waals surface area contributed by atoms with Gasteiger partial charge in [0, 0.05) is 0 Å². The quantitative estimate of drug-likeness (QED) is 0.794. The van der Waals surface area contributed by atoms with Gasteiger partial charge >= 0.3 is 0 Å². The normalized spacial score (nSPS) is 13.8. The van der Waals surface area contributed by atoms with Crippen LogP contribution >= 0.6 is 31.9 Å². The molecule has 0 bridgehead atoms. The number of amides is 1. The van der Waals surface area contributed by atoms with Gasteiger partial charge in [-0.15, -0.1) is 0 Å². The highest BCUT2D eigenvalue weighted by Crippen LogP contribution is 2.31. The van der Waals surface area contributed by atoms with Gasteiger partial charge in [-0.1, -0.05) is 62.2 Å². The number of hydrogen-bond acceptors (Lipinski definition) is 2. The van der Waals surface area contributed by atoms with Crippen LogP contribution < -0.4 is 5.32 Å². The van der Waals surface area contributed by atoms with Crippen molar-refractivity contribution in [2.24, 2.45) is 0 Å². The van der Waals surface area contributed by atoms with Gasteiger partial charge in [0.05, 0.1) is 17.6 Å². The van der Waals surface area contributed by atoms with Gasteiger partial charge in [-0.25, -0.2) is 0 Å². The van der Waals surface area contributed by atoms with Crippen molar-refractivity contribution in [3.8, 4) is 0 Å². The third kappa shape index (κ3) is 3.94. The zero-order chi connectivity index (χ0) is 13.7. The first-order valence-electron chi connectivity index (χ1n) is 5.81. The van der Waals surface area contributed by atoms with Gasteiger partial charge in [0.15, 0.2) is 0 Å². The van der Waals surface area contributed by atoms with E-state index in [0.717, 1.165) is 11.3 Å². The Morgan fingerprint density at radius 1 is 1.16 bits per heavy atom. The fourth-order valence-corrected chi connectivity index (χ4v) is 2.64. The number of nitrogens with one attached hydrogen (secondary N) is 1. The summed E-state index contributed by atoms with van der Waals surface area (Å²) >= 11 is 6.96. The number of furan rings is 1. The van der Waals surface area contributed by atoms with E-state index in [1.807, 2.05) is 36.4 Å². The Bertz CT molecular complexity index is 514. The molecule has 1 amide bonds. The van der Waals surface area contributed by atoms with Gasteiger partial charge in [-0.05, 0) is 17.7 Å². The van der Waals surface area contributed by atoms with Crippen molar-refractivity contribution in [3.63, 3.8) is 0 Å². The van der Waals surface area contributed by atoms with Crippen LogP contribution in [-0.2, 0) is 11.3 Å². The van der Waals surface area contributed by atoms with Crippen LogP contribution in [0.1, 0.15) is 16.2 Å². The summed E-state index contributed by atoms with van der Waals surface area (Å²) in [5, 5.41) is 2.83. The molecule has 100 valence electrons. The molecule has 2 atom stereocenters. The molecular weight excluding hydrogens is 374 g/mol. The summed E-state index contributed by atoms with van der Waals surface area (Å²) in [6.45, 7) is 0.391. The lowest BCUT2D eigenvalue weighted by molar-refractivity contribution is -0.120. The zero-order valence-corrected chi connectivity index (χ0v) is 13.2. The number of halogens is 2. The van der Waals surface area contributed by atoms with Crippen LogP contribution in [0.4, 0.5) is 0 Å². The van der Waals surface area contributed by atoms with E-state index in [9.17, 15) is 4.79 Å². The summed E-state index contributed by atoms with van der Waals surface area (Å²) in [6.07, 6.45) is 1.59. The van der Waals surface area contributed by atoms with Crippen LogP contribution in [0.3, 0.4) is 0 Å². The van der Waals surface area contributed by atoms with E-state index in [-0.39, 0.29) is 15.6 Å². The molecule has 0 aliphatic carbocycles. The molecule has 2 rings (SSSR count). The fraction of sp³-hybridized carbons (Fsp3) is 0.214. The first kappa shape index (κ1) is 14.3. The number of hydrogen-bond donors (Lipinski definition) is 1. The van der Waals surface area contributed by atoms with E-state index in [1.165, 1.54) is 0 Å². The van der Waals surface area contributed by atoms with E-state index in [1.54, 1.807) is 12.3 Å². The molecule has 5 heteroatoms. The Morgan fingerprint density at radius 2 is 1.89 bits per heavy atom. The molecule has 0 unspecified atom stereocenters. The molecule has 2 aromatic rings. The summed E-state index contributed by atoms with van der Waals surface area (Å²) in [6, 6.07) is 13.4. The lowest BCUT2D eigenvalue weighted by atomic mass is 10.1. The first-order chi connectivity index (χ1) is 9.18. The predicted octanol–water partition coefficient (Wildman–Crippen LogP) is 3.80. The van der Waals surface area contributed by atoms with Gasteiger partial charge in [-0.3, -0.25) is 4.79 Å². The average molecular weight is 387 g/mol. The Balaban J connectivity index is 1.91. The molecule has 0 saturated heterocycles. The molecule has 1 N–H and O–H groups in total. The minimum Gasteiger partial charge on any atom is -0.467 e. The van der Waals surface area contributed by atoms with Crippen LogP contribution in [0.2, 0.25) is 0 Å². The summed E-state index contributed by atoms with van der Waals surface area (Å²) in [4.78, 5) is 11.6. The van der Waals surface area contributed by atoms with Crippen molar-refractivity contribution in [1.82, 2.24) is 5.32 Å². The molecule has 0 aliphatic rings. The van der Waals surface area contributed by atoms with Crippen molar-refractivity contribution in [2.75, 3.05) is 0 Å². The molecule has 0 fully saturated rings. The van der Waals surface area contributed by atoms with Gasteiger partial charge in [0.25, 0.3) is 0 Å². The van der Waals surface area contributed by atoms with Crippen LogP contribution in [0.15, 0.2) is 53.1 Å². The van der Waals surface area contributed by atoms with Crippen LogP contribution in [0, 0.1) is 0 Å². The minimum atomic E-state index is -0.343. The fourth-order valence-electron chi connectivity index (χ4n) is 1.62. The molecule has 0 aliphatic heterocycles. The van der Waals surface area contributed by atoms with E-state index in [4.69, 9.17) is 4.42 Å². The highest BCUT2D eigenvalue weighted by Gasteiger charge is 2.24. The third-order valence-electron chi connectivity index (χ3n) is 2.64. The van der Waals surface area contributed by atoms with Crippen LogP contribution in [0.25, 0.3) is 0 Å². The van der Waals surface area contributed by atoms with Crippen molar-refractivity contribution >= 4 is 37.8 Å². The molecule has 0 radical (unpaired) electrons. The van der Waals surface area contributed by atoms with E-state index >= 15 is 0 Å². The van der Waals surface area contributed by atoms with Gasteiger partial charge in [0.2, 0.25) is 5.91 Å². The summed E-state index contributed by atoms with van der Waals surface area (Å²) in [5.74, 6) is 0.654. The molecule has 3 nitrogen and oxygen atoms in total. The number of carbonyl (C=O) groups is 1. The standard InChI is InChI=1S/C14H13Br2NO2/c15-12(10-5-2-1-3-6-10)13(16)14(18)17-9-11-7-4-8-19-11/h1-8,12-13H,9H2,(H,17,18)/t12-,13-/m0/s1. The van der Waals surface area contributed by atoms with E-state index < -0.39 is 0 Å². The first-order valence-corrected chi connectivity index (χ1v) is 7.65. The summed E-state index contributed by atoms with van der Waals surface area (Å²) in [5.41, 5.74) is 1.05. The second-order valence-electron chi connectivity index (χ2n) is 4.01. The van der Waals surface area contributed by atoms with Gasteiger partial charge in [-0.2, -0.15) is 0 Å². The molecule has 0 spiro atoms. The van der Waals surface area contributed by atoms with Crippen molar-refractivity contribution in [3.05, 3.63) is 60.1 Å². The molecule has 19 heavy (non-hydrogen) atoms. The number of carbonyl (C=O) groups excluding carboxylic acids is 1. The maximum absolute atomic E-state index is 12.0. The molecule has 1 heterocycles. The van der Waals surface area contributed by atoms with Crippen molar-refractivity contribution < 1.29 is 9.21 Å². The molecule has 1 aromatic carbocycles. The maximum atomic E-state index is 12.0. The Kier molecular flexibility index (Phi) is 5.22. The van der Waals surface area contributed by atoms with Crippen molar-refractivity contribution in [2.45, 2.75) is 16.2 Å². The van der Waals surface area contributed by atoms with E-state index in [2.05, 4.69) is 37.2 Å². The van der Waals surface area contributed by atoms with Crippen LogP contribution in [0.5, 0.6) is 0 Å². The summed E-state index contributed by atoms with van der Waals surface area (Å²) < 4.78 is 5.17. The highest BCUT2D eigenvalue weighted by molar-refractivity contribution is 9.12. The Hall–Kier alpha value is -1.07. The maximum Gasteiger partial charge on any atom is 0.235 e. The second kappa shape index (κ2) is 6.91. The van der Waals surface area contributed by atoms with Gasteiger partial charge < -0.3 is 9.73 Å². The zero-order valence-electron chi connectivity index (χ0n) is 10.1. The lowest BCUT2D eigenvalue weighted by Crippen LogP contribution is -2.32. The highest BCUT2D eigenvalue weighted by atomic mass is 79.9. The molecular formula is C14H13Br2NO2. The Labute approximate surface area is 128 Å².